The Hall–Kier alpha value is -2.09. The molecule has 7 nitrogen and oxygen atoms in total. The molecule has 1 saturated heterocycles. The number of hydrogen-bond donors (Lipinski definition) is 2. The summed E-state index contributed by atoms with van der Waals surface area (Å²) >= 11 is 11.8. The minimum absolute atomic E-state index is 0.264. The highest BCUT2D eigenvalue weighted by Crippen LogP contribution is 2.24. The van der Waals surface area contributed by atoms with Crippen LogP contribution in [0.4, 0.5) is 16.4 Å². The highest BCUT2D eigenvalue weighted by molar-refractivity contribution is 6.42. The Labute approximate surface area is 162 Å². The number of aromatic nitrogens is 2. The normalized spacial score (nSPS) is 14.9. The summed E-state index contributed by atoms with van der Waals surface area (Å²) < 4.78 is 0. The maximum atomic E-state index is 11.9. The van der Waals surface area contributed by atoms with Crippen LogP contribution in [0, 0.1) is 0 Å². The van der Waals surface area contributed by atoms with Crippen LogP contribution in [0.25, 0.3) is 0 Å². The van der Waals surface area contributed by atoms with Gasteiger partial charge in [-0.2, -0.15) is 0 Å². The number of piperazine rings is 1. The number of carbonyl (C=O) groups excluding carboxylic acids is 1. The van der Waals surface area contributed by atoms with Crippen LogP contribution in [0.15, 0.2) is 36.7 Å². The van der Waals surface area contributed by atoms with E-state index in [2.05, 4.69) is 30.4 Å². The van der Waals surface area contributed by atoms with Gasteiger partial charge in [-0.3, -0.25) is 4.90 Å². The fraction of sp³-hybridized carbons (Fsp3) is 0.353. The predicted octanol–water partition coefficient (Wildman–Crippen LogP) is 2.73. The zero-order valence-corrected chi connectivity index (χ0v) is 15.7. The van der Waals surface area contributed by atoms with Crippen molar-refractivity contribution in [1.82, 2.24) is 20.2 Å². The summed E-state index contributed by atoms with van der Waals surface area (Å²) in [6, 6.07) is 6.52. The number of urea groups is 1. The average molecular weight is 395 g/mol. The molecule has 2 aromatic rings. The smallest absolute Gasteiger partial charge is 0.319 e. The molecule has 1 fully saturated rings. The molecule has 3 rings (SSSR count). The topological polar surface area (TPSA) is 73.4 Å². The molecule has 2 heterocycles. The second-order valence-corrected chi connectivity index (χ2v) is 6.70. The maximum absolute atomic E-state index is 11.9. The van der Waals surface area contributed by atoms with Crippen LogP contribution < -0.4 is 15.5 Å². The molecule has 1 aliphatic heterocycles. The van der Waals surface area contributed by atoms with Gasteiger partial charge in [-0.05, 0) is 24.3 Å². The molecule has 0 spiro atoms. The number of carbonyl (C=O) groups is 1. The highest BCUT2D eigenvalue weighted by Gasteiger charge is 2.18. The molecule has 1 aromatic carbocycles. The lowest BCUT2D eigenvalue weighted by atomic mass is 10.3. The van der Waals surface area contributed by atoms with Crippen molar-refractivity contribution < 1.29 is 4.79 Å². The summed E-state index contributed by atoms with van der Waals surface area (Å²) in [6.07, 6.45) is 3.51. The first-order valence-electron chi connectivity index (χ1n) is 8.36. The van der Waals surface area contributed by atoms with Crippen molar-refractivity contribution in [3.63, 3.8) is 0 Å². The van der Waals surface area contributed by atoms with Crippen LogP contribution in [-0.2, 0) is 0 Å². The van der Waals surface area contributed by atoms with Gasteiger partial charge >= 0.3 is 6.03 Å². The quantitative estimate of drug-likeness (QED) is 0.815. The highest BCUT2D eigenvalue weighted by atomic mass is 35.5. The van der Waals surface area contributed by atoms with Gasteiger partial charge in [0.1, 0.15) is 0 Å². The first-order chi connectivity index (χ1) is 12.6. The molecule has 9 heteroatoms. The average Bonchev–Trinajstić information content (AvgIpc) is 2.66. The molecule has 2 N–H and O–H groups in total. The van der Waals surface area contributed by atoms with Gasteiger partial charge in [0.25, 0.3) is 0 Å². The van der Waals surface area contributed by atoms with Crippen LogP contribution in [0.5, 0.6) is 0 Å². The molecule has 0 aliphatic carbocycles. The van der Waals surface area contributed by atoms with Crippen molar-refractivity contribution in [3.05, 3.63) is 46.7 Å². The maximum Gasteiger partial charge on any atom is 0.319 e. The Morgan fingerprint density at radius 1 is 1.08 bits per heavy atom. The fourth-order valence-corrected chi connectivity index (χ4v) is 3.00. The van der Waals surface area contributed by atoms with E-state index in [1.54, 1.807) is 30.6 Å². The third-order valence-corrected chi connectivity index (χ3v) is 4.84. The van der Waals surface area contributed by atoms with Gasteiger partial charge in [-0.15, -0.1) is 0 Å². The largest absolute Gasteiger partial charge is 0.338 e. The minimum atomic E-state index is -0.264. The number of halogens is 2. The second-order valence-electron chi connectivity index (χ2n) is 5.89. The van der Waals surface area contributed by atoms with Crippen molar-refractivity contribution in [2.24, 2.45) is 0 Å². The molecule has 1 aliphatic rings. The van der Waals surface area contributed by atoms with E-state index in [4.69, 9.17) is 23.2 Å². The zero-order valence-electron chi connectivity index (χ0n) is 14.2. The molecule has 26 heavy (non-hydrogen) atoms. The van der Waals surface area contributed by atoms with Gasteiger partial charge < -0.3 is 15.5 Å². The molecule has 0 bridgehead atoms. The molecular formula is C17H20Cl2N6O. The molecule has 2 amide bonds. The van der Waals surface area contributed by atoms with Gasteiger partial charge in [0.15, 0.2) is 0 Å². The number of benzene rings is 1. The summed E-state index contributed by atoms with van der Waals surface area (Å²) in [4.78, 5) is 25.0. The van der Waals surface area contributed by atoms with E-state index < -0.39 is 0 Å². The van der Waals surface area contributed by atoms with Crippen LogP contribution in [0.1, 0.15) is 0 Å². The molecule has 1 aromatic heterocycles. The number of amides is 2. The Morgan fingerprint density at radius 3 is 2.50 bits per heavy atom. The lowest BCUT2D eigenvalue weighted by Gasteiger charge is -2.34. The summed E-state index contributed by atoms with van der Waals surface area (Å²) in [5, 5.41) is 6.45. The molecule has 138 valence electrons. The van der Waals surface area contributed by atoms with Gasteiger partial charge in [0.05, 0.1) is 10.0 Å². The van der Waals surface area contributed by atoms with Crippen LogP contribution >= 0.6 is 23.2 Å². The molecule has 0 saturated carbocycles. The number of nitrogens with one attached hydrogen (secondary N) is 2. The first-order valence-corrected chi connectivity index (χ1v) is 9.11. The Kier molecular flexibility index (Phi) is 6.49. The zero-order chi connectivity index (χ0) is 18.4. The van der Waals surface area contributed by atoms with Crippen molar-refractivity contribution in [1.29, 1.82) is 0 Å². The van der Waals surface area contributed by atoms with E-state index >= 15 is 0 Å². The number of hydrogen-bond acceptors (Lipinski definition) is 5. The van der Waals surface area contributed by atoms with Gasteiger partial charge in [0.2, 0.25) is 5.95 Å². The summed E-state index contributed by atoms with van der Waals surface area (Å²) in [7, 11) is 0. The monoisotopic (exact) mass is 394 g/mol. The van der Waals surface area contributed by atoms with Gasteiger partial charge in [0, 0.05) is 57.3 Å². The van der Waals surface area contributed by atoms with E-state index in [0.29, 0.717) is 22.3 Å². The third kappa shape index (κ3) is 5.20. The number of nitrogens with zero attached hydrogens (tertiary/aromatic N) is 4. The second kappa shape index (κ2) is 9.02. The summed E-state index contributed by atoms with van der Waals surface area (Å²) in [5.74, 6) is 0.770. The SMILES string of the molecule is O=C(NCCN1CCN(c2ncccn2)CC1)Nc1ccc(Cl)c(Cl)c1. The molecular weight excluding hydrogens is 375 g/mol. The lowest BCUT2D eigenvalue weighted by molar-refractivity contribution is 0.240. The van der Waals surface area contributed by atoms with Crippen LogP contribution in [0.3, 0.4) is 0 Å². The third-order valence-electron chi connectivity index (χ3n) is 4.10. The summed E-state index contributed by atoms with van der Waals surface area (Å²) in [5.41, 5.74) is 0.605. The first kappa shape index (κ1) is 18.7. The molecule has 0 unspecified atom stereocenters. The van der Waals surface area contributed by atoms with Crippen LogP contribution in [-0.4, -0.2) is 60.2 Å². The lowest BCUT2D eigenvalue weighted by Crippen LogP contribution is -2.49. The van der Waals surface area contributed by atoms with Gasteiger partial charge in [-0.1, -0.05) is 23.2 Å². The molecule has 0 atom stereocenters. The number of anilines is 2. The van der Waals surface area contributed by atoms with Crippen LogP contribution in [0.2, 0.25) is 10.0 Å². The number of rotatable bonds is 5. The minimum Gasteiger partial charge on any atom is -0.338 e. The summed E-state index contributed by atoms with van der Waals surface area (Å²) in [6.45, 7) is 4.93. The van der Waals surface area contributed by atoms with Crippen molar-refractivity contribution >= 4 is 40.9 Å². The fourth-order valence-electron chi connectivity index (χ4n) is 2.70. The van der Waals surface area contributed by atoms with Crippen molar-refractivity contribution in [2.75, 3.05) is 49.5 Å². The molecule has 0 radical (unpaired) electrons. The van der Waals surface area contributed by atoms with E-state index in [1.165, 1.54) is 0 Å². The van der Waals surface area contributed by atoms with E-state index in [1.807, 2.05) is 6.07 Å². The Morgan fingerprint density at radius 2 is 1.81 bits per heavy atom. The van der Waals surface area contributed by atoms with Crippen molar-refractivity contribution in [3.8, 4) is 0 Å². The Bertz CT molecular complexity index is 737. The van der Waals surface area contributed by atoms with Gasteiger partial charge in [-0.25, -0.2) is 14.8 Å². The van der Waals surface area contributed by atoms with E-state index in [-0.39, 0.29) is 6.03 Å². The van der Waals surface area contributed by atoms with Crippen molar-refractivity contribution in [2.45, 2.75) is 0 Å². The van der Waals surface area contributed by atoms with E-state index in [0.717, 1.165) is 38.7 Å². The standard InChI is InChI=1S/C17H20Cl2N6O/c18-14-3-2-13(12-15(14)19)23-17(26)22-6-7-24-8-10-25(11-9-24)16-20-4-1-5-21-16/h1-5,12H,6-11H2,(H2,22,23,26). The Balaban J connectivity index is 1.36. The van der Waals surface area contributed by atoms with E-state index in [9.17, 15) is 4.79 Å². The predicted molar refractivity (Wildman–Crippen MR) is 104 cm³/mol.